The fourth-order valence-corrected chi connectivity index (χ4v) is 2.16. The van der Waals surface area contributed by atoms with Crippen LogP contribution in [0.3, 0.4) is 0 Å². The first-order valence-corrected chi connectivity index (χ1v) is 7.58. The number of carbonyl (C=O) groups excluding carboxylic acids is 2. The molecule has 126 valence electrons. The van der Waals surface area contributed by atoms with E-state index in [9.17, 15) is 19.8 Å². The van der Waals surface area contributed by atoms with Gasteiger partial charge in [0.05, 0.1) is 11.1 Å². The Bertz CT molecular complexity index is 742. The lowest BCUT2D eigenvalue weighted by atomic mass is 10.1. The molecule has 0 saturated heterocycles. The Morgan fingerprint density at radius 3 is 2.00 bits per heavy atom. The zero-order chi connectivity index (χ0) is 17.7. The van der Waals surface area contributed by atoms with Gasteiger partial charge in [0, 0.05) is 12.6 Å². The average molecular weight is 328 g/mol. The van der Waals surface area contributed by atoms with E-state index in [1.54, 1.807) is 13.8 Å². The molecule has 0 spiro atoms. The summed E-state index contributed by atoms with van der Waals surface area (Å²) in [6.45, 7) is 3.84. The van der Waals surface area contributed by atoms with Gasteiger partial charge in [-0.15, -0.1) is 0 Å². The molecular weight excluding hydrogens is 308 g/mol. The smallest absolute Gasteiger partial charge is 0.255 e. The molecule has 0 aromatic heterocycles. The maximum atomic E-state index is 12.2. The molecule has 0 radical (unpaired) electrons. The molecule has 2 rings (SSSR count). The highest BCUT2D eigenvalue weighted by Gasteiger charge is 2.21. The number of hydrogen-bond acceptors (Lipinski definition) is 4. The zero-order valence-electron chi connectivity index (χ0n) is 13.5. The number of phenolic OH excluding ortho intramolecular Hbond substituents is 2. The molecule has 6 nitrogen and oxygen atoms in total. The van der Waals surface area contributed by atoms with Crippen LogP contribution < -0.4 is 10.6 Å². The summed E-state index contributed by atoms with van der Waals surface area (Å²) in [6.07, 6.45) is 0. The number of carbonyl (C=O) groups is 2. The van der Waals surface area contributed by atoms with Crippen molar-refractivity contribution < 1.29 is 19.8 Å². The third-order valence-corrected chi connectivity index (χ3v) is 3.36. The summed E-state index contributed by atoms with van der Waals surface area (Å²) < 4.78 is 0. The second-order valence-electron chi connectivity index (χ2n) is 5.65. The predicted octanol–water partition coefficient (Wildman–Crippen LogP) is 2.17. The fourth-order valence-electron chi connectivity index (χ4n) is 2.16. The molecule has 2 aromatic carbocycles. The van der Waals surface area contributed by atoms with Crippen LogP contribution in [0.5, 0.6) is 11.5 Å². The number of benzene rings is 2. The normalized spacial score (nSPS) is 10.5. The van der Waals surface area contributed by atoms with E-state index in [1.165, 1.54) is 12.1 Å². The van der Waals surface area contributed by atoms with E-state index in [0.717, 1.165) is 5.56 Å². The Morgan fingerprint density at radius 1 is 0.917 bits per heavy atom. The molecule has 4 N–H and O–H groups in total. The number of rotatable bonds is 5. The molecule has 0 saturated carbocycles. The maximum absolute atomic E-state index is 12.2. The summed E-state index contributed by atoms with van der Waals surface area (Å²) in [5.41, 5.74) is 0.729. The molecule has 0 bridgehead atoms. The summed E-state index contributed by atoms with van der Waals surface area (Å²) in [6, 6.07) is 11.8. The minimum Gasteiger partial charge on any atom is -0.504 e. The molecular formula is C18H20N2O4. The van der Waals surface area contributed by atoms with Gasteiger partial charge in [0.15, 0.2) is 11.5 Å². The van der Waals surface area contributed by atoms with Crippen molar-refractivity contribution in [2.45, 2.75) is 26.4 Å². The van der Waals surface area contributed by atoms with Crippen LogP contribution in [0.15, 0.2) is 42.5 Å². The van der Waals surface area contributed by atoms with Crippen LogP contribution in [0.25, 0.3) is 0 Å². The van der Waals surface area contributed by atoms with E-state index in [1.807, 2.05) is 30.3 Å². The van der Waals surface area contributed by atoms with E-state index in [4.69, 9.17) is 0 Å². The largest absolute Gasteiger partial charge is 0.504 e. The van der Waals surface area contributed by atoms with Gasteiger partial charge >= 0.3 is 0 Å². The van der Waals surface area contributed by atoms with E-state index in [2.05, 4.69) is 10.6 Å². The summed E-state index contributed by atoms with van der Waals surface area (Å²) in [7, 11) is 0. The van der Waals surface area contributed by atoms with E-state index in [-0.39, 0.29) is 23.7 Å². The van der Waals surface area contributed by atoms with Gasteiger partial charge in [0.1, 0.15) is 0 Å². The van der Waals surface area contributed by atoms with Crippen molar-refractivity contribution in [1.29, 1.82) is 0 Å². The number of aromatic hydroxyl groups is 2. The average Bonchev–Trinajstić information content (AvgIpc) is 2.55. The maximum Gasteiger partial charge on any atom is 0.255 e. The molecule has 0 aliphatic heterocycles. The van der Waals surface area contributed by atoms with Gasteiger partial charge < -0.3 is 20.8 Å². The SMILES string of the molecule is CC(C)NC(=O)c1ccc(C(=O)NCc2ccccc2)c(O)c1O. The van der Waals surface area contributed by atoms with Gasteiger partial charge in [-0.1, -0.05) is 30.3 Å². The zero-order valence-corrected chi connectivity index (χ0v) is 13.5. The van der Waals surface area contributed by atoms with Crippen LogP contribution in [-0.2, 0) is 6.54 Å². The van der Waals surface area contributed by atoms with Crippen molar-refractivity contribution in [3.8, 4) is 11.5 Å². The number of nitrogens with one attached hydrogen (secondary N) is 2. The lowest BCUT2D eigenvalue weighted by Crippen LogP contribution is -2.30. The van der Waals surface area contributed by atoms with Crippen molar-refractivity contribution in [3.05, 3.63) is 59.2 Å². The van der Waals surface area contributed by atoms with Gasteiger partial charge in [-0.05, 0) is 31.5 Å². The van der Waals surface area contributed by atoms with Gasteiger partial charge in [-0.3, -0.25) is 9.59 Å². The van der Waals surface area contributed by atoms with Crippen molar-refractivity contribution in [2.75, 3.05) is 0 Å². The van der Waals surface area contributed by atoms with Crippen LogP contribution in [0.4, 0.5) is 0 Å². The van der Waals surface area contributed by atoms with Crippen molar-refractivity contribution in [1.82, 2.24) is 10.6 Å². The van der Waals surface area contributed by atoms with Crippen LogP contribution in [0, 0.1) is 0 Å². The molecule has 0 atom stereocenters. The highest BCUT2D eigenvalue weighted by molar-refractivity contribution is 6.02. The molecule has 6 heteroatoms. The van der Waals surface area contributed by atoms with Crippen LogP contribution in [0.1, 0.15) is 40.1 Å². The van der Waals surface area contributed by atoms with Crippen molar-refractivity contribution in [3.63, 3.8) is 0 Å². The van der Waals surface area contributed by atoms with Crippen LogP contribution in [-0.4, -0.2) is 28.1 Å². The Kier molecular flexibility index (Phi) is 5.42. The quantitative estimate of drug-likeness (QED) is 0.632. The predicted molar refractivity (Wildman–Crippen MR) is 90.0 cm³/mol. The third kappa shape index (κ3) is 4.04. The van der Waals surface area contributed by atoms with Gasteiger partial charge in [-0.25, -0.2) is 0 Å². The minimum absolute atomic E-state index is 0.0826. The first-order chi connectivity index (χ1) is 11.4. The van der Waals surface area contributed by atoms with Crippen LogP contribution in [0.2, 0.25) is 0 Å². The number of amides is 2. The lowest BCUT2D eigenvalue weighted by Gasteiger charge is -2.12. The fraction of sp³-hybridized carbons (Fsp3) is 0.222. The van der Waals surface area contributed by atoms with Gasteiger partial charge in [0.25, 0.3) is 11.8 Å². The van der Waals surface area contributed by atoms with E-state index < -0.39 is 23.3 Å². The lowest BCUT2D eigenvalue weighted by molar-refractivity contribution is 0.0928. The molecule has 0 heterocycles. The first-order valence-electron chi connectivity index (χ1n) is 7.58. The van der Waals surface area contributed by atoms with Crippen LogP contribution >= 0.6 is 0 Å². The third-order valence-electron chi connectivity index (χ3n) is 3.36. The molecule has 0 aliphatic rings. The topological polar surface area (TPSA) is 98.7 Å². The Balaban J connectivity index is 2.15. The number of hydrogen-bond donors (Lipinski definition) is 4. The number of phenols is 2. The molecule has 0 unspecified atom stereocenters. The highest BCUT2D eigenvalue weighted by atomic mass is 16.3. The monoisotopic (exact) mass is 328 g/mol. The second kappa shape index (κ2) is 7.50. The van der Waals surface area contributed by atoms with E-state index in [0.29, 0.717) is 0 Å². The Hall–Kier alpha value is -3.02. The summed E-state index contributed by atoms with van der Waals surface area (Å²) in [5.74, 6) is -2.28. The highest BCUT2D eigenvalue weighted by Crippen LogP contribution is 2.32. The molecule has 24 heavy (non-hydrogen) atoms. The summed E-state index contributed by atoms with van der Waals surface area (Å²) in [4.78, 5) is 24.1. The van der Waals surface area contributed by atoms with Gasteiger partial charge in [-0.2, -0.15) is 0 Å². The first kappa shape index (κ1) is 17.3. The summed E-state index contributed by atoms with van der Waals surface area (Å²) in [5, 5.41) is 25.3. The standard InChI is InChI=1S/C18H20N2O4/c1-11(2)20-18(24)14-9-8-13(15(21)16(14)22)17(23)19-10-12-6-4-3-5-7-12/h3-9,11,21-22H,10H2,1-2H3,(H,19,23)(H,20,24). The summed E-state index contributed by atoms with van der Waals surface area (Å²) >= 11 is 0. The van der Waals surface area contributed by atoms with Gasteiger partial charge in [0.2, 0.25) is 0 Å². The second-order valence-corrected chi connectivity index (χ2v) is 5.65. The Labute approximate surface area is 140 Å². The molecule has 2 amide bonds. The minimum atomic E-state index is -0.614. The Morgan fingerprint density at radius 2 is 1.46 bits per heavy atom. The molecule has 0 fully saturated rings. The molecule has 0 aliphatic carbocycles. The van der Waals surface area contributed by atoms with Crippen molar-refractivity contribution >= 4 is 11.8 Å². The van der Waals surface area contributed by atoms with Crippen molar-refractivity contribution in [2.24, 2.45) is 0 Å². The molecule has 2 aromatic rings. The van der Waals surface area contributed by atoms with E-state index >= 15 is 0 Å².